The SMILES string of the molecule is C1=CC2c3ccc(N(c4ccc(-c5ccc6c(c5)oc5ccccc56)cc4)c4cccc(-c5ccccc5)c4-c4ccccc4-c4ccccc4)cc3C(c3ccccc3)(c3ccccc3)C2C=C1. The second-order valence-corrected chi connectivity index (χ2v) is 18.3. The minimum absolute atomic E-state index is 0.184. The first-order valence-electron chi connectivity index (χ1n) is 24.0. The van der Waals surface area contributed by atoms with Crippen molar-refractivity contribution in [2.45, 2.75) is 11.3 Å². The summed E-state index contributed by atoms with van der Waals surface area (Å²) in [5.41, 5.74) is 19.1. The highest BCUT2D eigenvalue weighted by atomic mass is 16.3. The predicted octanol–water partition coefficient (Wildman–Crippen LogP) is 17.9. The lowest BCUT2D eigenvalue weighted by molar-refractivity contribution is 0.457. The van der Waals surface area contributed by atoms with Crippen LogP contribution in [0.5, 0.6) is 0 Å². The molecule has 0 bridgehead atoms. The topological polar surface area (TPSA) is 16.4 Å². The molecule has 0 saturated carbocycles. The lowest BCUT2D eigenvalue weighted by atomic mass is 9.63. The van der Waals surface area contributed by atoms with Gasteiger partial charge < -0.3 is 9.32 Å². The Morgan fingerprint density at radius 2 is 0.942 bits per heavy atom. The second-order valence-electron chi connectivity index (χ2n) is 18.3. The van der Waals surface area contributed by atoms with Gasteiger partial charge >= 0.3 is 0 Å². The summed E-state index contributed by atoms with van der Waals surface area (Å²) in [6.07, 6.45) is 9.35. The van der Waals surface area contributed by atoms with Gasteiger partial charge in [0, 0.05) is 39.5 Å². The van der Waals surface area contributed by atoms with Crippen LogP contribution in [0.15, 0.2) is 277 Å². The first kappa shape index (κ1) is 40.5. The van der Waals surface area contributed by atoms with Crippen molar-refractivity contribution < 1.29 is 4.42 Å². The minimum atomic E-state index is -0.445. The van der Waals surface area contributed by atoms with E-state index in [1.54, 1.807) is 0 Å². The predicted molar refractivity (Wildman–Crippen MR) is 287 cm³/mol. The lowest BCUT2D eigenvalue weighted by Crippen LogP contribution is -2.35. The van der Waals surface area contributed by atoms with E-state index in [1.165, 1.54) is 50.1 Å². The van der Waals surface area contributed by atoms with Crippen LogP contribution in [0.4, 0.5) is 17.1 Å². The van der Waals surface area contributed by atoms with Crippen molar-refractivity contribution in [1.29, 1.82) is 0 Å². The molecule has 11 aromatic rings. The van der Waals surface area contributed by atoms with Gasteiger partial charge in [0.25, 0.3) is 0 Å². The van der Waals surface area contributed by atoms with Gasteiger partial charge in [0.15, 0.2) is 0 Å². The number of fused-ring (bicyclic) bond motifs is 6. The molecule has 2 heteroatoms. The van der Waals surface area contributed by atoms with E-state index in [0.29, 0.717) is 0 Å². The number of para-hydroxylation sites is 1. The van der Waals surface area contributed by atoms with Crippen molar-refractivity contribution in [1.82, 2.24) is 0 Å². The highest BCUT2D eigenvalue weighted by molar-refractivity contribution is 6.06. The van der Waals surface area contributed by atoms with Gasteiger partial charge in [-0.15, -0.1) is 0 Å². The molecule has 326 valence electrons. The van der Waals surface area contributed by atoms with Crippen molar-refractivity contribution >= 4 is 39.0 Å². The van der Waals surface area contributed by atoms with Crippen LogP contribution in [0.1, 0.15) is 28.2 Å². The van der Waals surface area contributed by atoms with E-state index >= 15 is 0 Å². The monoisotopic (exact) mass is 881 g/mol. The van der Waals surface area contributed by atoms with E-state index in [4.69, 9.17) is 4.42 Å². The van der Waals surface area contributed by atoms with Gasteiger partial charge in [0.05, 0.1) is 11.1 Å². The van der Waals surface area contributed by atoms with Crippen molar-refractivity contribution in [2.75, 3.05) is 4.90 Å². The molecule has 0 aliphatic heterocycles. The maximum Gasteiger partial charge on any atom is 0.136 e. The summed E-state index contributed by atoms with van der Waals surface area (Å²) in [4.78, 5) is 2.50. The smallest absolute Gasteiger partial charge is 0.136 e. The Balaban J connectivity index is 1.07. The number of rotatable bonds is 9. The Morgan fingerprint density at radius 3 is 1.67 bits per heavy atom. The van der Waals surface area contributed by atoms with Gasteiger partial charge in [-0.1, -0.05) is 224 Å². The van der Waals surface area contributed by atoms with E-state index in [1.807, 2.05) is 12.1 Å². The Bertz CT molecular complexity index is 3680. The Hall–Kier alpha value is -8.72. The number of hydrogen-bond donors (Lipinski definition) is 0. The third-order valence-corrected chi connectivity index (χ3v) is 14.7. The van der Waals surface area contributed by atoms with Crippen molar-refractivity contribution in [3.05, 3.63) is 295 Å². The molecule has 0 radical (unpaired) electrons. The molecule has 69 heavy (non-hydrogen) atoms. The molecule has 1 heterocycles. The molecule has 2 aliphatic carbocycles. The fourth-order valence-corrected chi connectivity index (χ4v) is 11.7. The maximum atomic E-state index is 6.37. The summed E-state index contributed by atoms with van der Waals surface area (Å²) < 4.78 is 6.37. The molecule has 0 N–H and O–H groups in total. The van der Waals surface area contributed by atoms with Crippen molar-refractivity contribution in [3.63, 3.8) is 0 Å². The third kappa shape index (κ3) is 6.71. The lowest BCUT2D eigenvalue weighted by Gasteiger charge is -2.39. The summed E-state index contributed by atoms with van der Waals surface area (Å²) in [5, 5.41) is 2.26. The highest BCUT2D eigenvalue weighted by Crippen LogP contribution is 2.61. The number of nitrogens with zero attached hydrogens (tertiary/aromatic N) is 1. The molecule has 0 spiro atoms. The number of furan rings is 1. The number of hydrogen-bond acceptors (Lipinski definition) is 2. The van der Waals surface area contributed by atoms with Gasteiger partial charge in [-0.25, -0.2) is 0 Å². The molecular formula is C67H47NO. The zero-order valence-electron chi connectivity index (χ0n) is 38.0. The molecule has 2 atom stereocenters. The van der Waals surface area contributed by atoms with Crippen LogP contribution in [0.25, 0.3) is 66.4 Å². The zero-order valence-corrected chi connectivity index (χ0v) is 38.0. The summed E-state index contributed by atoms with van der Waals surface area (Å²) >= 11 is 0. The van der Waals surface area contributed by atoms with Crippen molar-refractivity contribution in [2.24, 2.45) is 5.92 Å². The van der Waals surface area contributed by atoms with E-state index < -0.39 is 5.41 Å². The molecule has 2 unspecified atom stereocenters. The minimum Gasteiger partial charge on any atom is -0.456 e. The zero-order chi connectivity index (χ0) is 45.7. The normalized spacial score (nSPS) is 15.5. The van der Waals surface area contributed by atoms with Gasteiger partial charge in [-0.05, 0) is 110 Å². The van der Waals surface area contributed by atoms with E-state index in [-0.39, 0.29) is 11.8 Å². The number of allylic oxidation sites excluding steroid dienone is 4. The van der Waals surface area contributed by atoms with E-state index in [0.717, 1.165) is 55.7 Å². The van der Waals surface area contributed by atoms with Gasteiger partial charge in [-0.3, -0.25) is 0 Å². The Morgan fingerprint density at radius 1 is 0.377 bits per heavy atom. The number of anilines is 3. The van der Waals surface area contributed by atoms with E-state index in [2.05, 4.69) is 266 Å². The molecule has 0 saturated heterocycles. The fraction of sp³-hybridized carbons (Fsp3) is 0.0448. The van der Waals surface area contributed by atoms with Crippen LogP contribution in [-0.2, 0) is 5.41 Å². The molecular weight excluding hydrogens is 835 g/mol. The summed E-state index contributed by atoms with van der Waals surface area (Å²) in [6.45, 7) is 0. The summed E-state index contributed by atoms with van der Waals surface area (Å²) in [6, 6.07) is 91.1. The molecule has 1 aromatic heterocycles. The molecule has 2 nitrogen and oxygen atoms in total. The van der Waals surface area contributed by atoms with Gasteiger partial charge in [0.2, 0.25) is 0 Å². The second kappa shape index (κ2) is 16.9. The molecule has 13 rings (SSSR count). The highest BCUT2D eigenvalue weighted by Gasteiger charge is 2.53. The molecule has 10 aromatic carbocycles. The standard InChI is InChI=1S/C67H47NO/c1-5-20-47(21-6-1)54-28-13-14-31-60(54)66-55(48-22-7-2-8-23-48)32-19-34-63(66)68(52-39-36-46(37-40-52)49-38-42-59-58-30-16-18-35-64(58)69-65(59)44-49)53-41-43-57-56-29-15-17-33-61(56)67(62(57)45-53,50-24-9-3-10-25-50)51-26-11-4-12-27-51/h1-45,56,61H. The maximum absolute atomic E-state index is 6.37. The number of benzene rings is 10. The Labute approximate surface area is 403 Å². The molecule has 0 fully saturated rings. The fourth-order valence-electron chi connectivity index (χ4n) is 11.7. The van der Waals surface area contributed by atoms with Crippen LogP contribution in [0.2, 0.25) is 0 Å². The first-order chi connectivity index (χ1) is 34.2. The average molecular weight is 882 g/mol. The van der Waals surface area contributed by atoms with Gasteiger partial charge in [0.1, 0.15) is 11.2 Å². The van der Waals surface area contributed by atoms with E-state index in [9.17, 15) is 0 Å². The largest absolute Gasteiger partial charge is 0.456 e. The van der Waals surface area contributed by atoms with Crippen molar-refractivity contribution in [3.8, 4) is 44.5 Å². The first-order valence-corrected chi connectivity index (χ1v) is 24.0. The quantitative estimate of drug-likeness (QED) is 0.144. The third-order valence-electron chi connectivity index (χ3n) is 14.7. The molecule has 0 amide bonds. The Kier molecular flexibility index (Phi) is 9.91. The van der Waals surface area contributed by atoms with Crippen LogP contribution in [-0.4, -0.2) is 0 Å². The van der Waals surface area contributed by atoms with Crippen LogP contribution < -0.4 is 4.90 Å². The van der Waals surface area contributed by atoms with Crippen LogP contribution in [0.3, 0.4) is 0 Å². The summed E-state index contributed by atoms with van der Waals surface area (Å²) in [5.74, 6) is 0.398. The van der Waals surface area contributed by atoms with Crippen LogP contribution >= 0.6 is 0 Å². The van der Waals surface area contributed by atoms with Gasteiger partial charge in [-0.2, -0.15) is 0 Å². The molecule has 2 aliphatic rings. The summed E-state index contributed by atoms with van der Waals surface area (Å²) in [7, 11) is 0. The average Bonchev–Trinajstić information content (AvgIpc) is 3.95. The van der Waals surface area contributed by atoms with Crippen LogP contribution in [0, 0.1) is 5.92 Å².